The van der Waals surface area contributed by atoms with Crippen LogP contribution in [0.4, 0.5) is 5.82 Å². The van der Waals surface area contributed by atoms with Crippen LogP contribution in [0.2, 0.25) is 0 Å². The lowest BCUT2D eigenvalue weighted by Crippen LogP contribution is -2.16. The van der Waals surface area contributed by atoms with Crippen LogP contribution in [0.25, 0.3) is 0 Å². The standard InChI is InChI=1S/C13H17N5OS/c1-2-14-11-9(4-3-7-15-11)8-20-13-17-16-12(19)18(13)10-5-6-10/h3-4,7,10H,2,5-6,8H2,1H3,(H,14,15)(H,16,19). The molecule has 3 rings (SSSR count). The fourth-order valence-electron chi connectivity index (χ4n) is 2.07. The number of aromatic amines is 1. The molecule has 0 unspecified atom stereocenters. The molecule has 0 bridgehead atoms. The van der Waals surface area contributed by atoms with Crippen molar-refractivity contribution in [3.05, 3.63) is 34.4 Å². The minimum absolute atomic E-state index is 0.104. The van der Waals surface area contributed by atoms with Gasteiger partial charge in [0.15, 0.2) is 5.16 Å². The second kappa shape index (κ2) is 5.70. The Morgan fingerprint density at radius 3 is 3.15 bits per heavy atom. The largest absolute Gasteiger partial charge is 0.370 e. The van der Waals surface area contributed by atoms with E-state index in [0.29, 0.717) is 6.04 Å². The molecule has 1 fully saturated rings. The average molecular weight is 291 g/mol. The van der Waals surface area contributed by atoms with Crippen molar-refractivity contribution < 1.29 is 0 Å². The molecular weight excluding hydrogens is 274 g/mol. The van der Waals surface area contributed by atoms with Crippen molar-refractivity contribution in [3.8, 4) is 0 Å². The van der Waals surface area contributed by atoms with E-state index in [2.05, 4.69) is 20.5 Å². The molecule has 0 radical (unpaired) electrons. The first-order valence-corrected chi connectivity index (χ1v) is 7.75. The van der Waals surface area contributed by atoms with E-state index in [9.17, 15) is 4.79 Å². The Hall–Kier alpha value is -1.76. The number of rotatable bonds is 6. The number of hydrogen-bond acceptors (Lipinski definition) is 5. The zero-order chi connectivity index (χ0) is 13.9. The molecular formula is C13H17N5OS. The Balaban J connectivity index is 1.75. The Morgan fingerprint density at radius 1 is 1.55 bits per heavy atom. The van der Waals surface area contributed by atoms with E-state index in [4.69, 9.17) is 0 Å². The van der Waals surface area contributed by atoms with Crippen LogP contribution in [0.15, 0.2) is 28.3 Å². The lowest BCUT2D eigenvalue weighted by atomic mass is 10.3. The molecule has 2 aromatic heterocycles. The van der Waals surface area contributed by atoms with Crippen molar-refractivity contribution in [2.75, 3.05) is 11.9 Å². The predicted molar refractivity (Wildman–Crippen MR) is 79.1 cm³/mol. The number of hydrogen-bond donors (Lipinski definition) is 2. The summed E-state index contributed by atoms with van der Waals surface area (Å²) in [5.74, 6) is 1.64. The highest BCUT2D eigenvalue weighted by Crippen LogP contribution is 2.36. The van der Waals surface area contributed by atoms with Gasteiger partial charge in [0.05, 0.1) is 0 Å². The van der Waals surface area contributed by atoms with Crippen molar-refractivity contribution in [1.29, 1.82) is 0 Å². The van der Waals surface area contributed by atoms with E-state index in [1.165, 1.54) is 0 Å². The summed E-state index contributed by atoms with van der Waals surface area (Å²) >= 11 is 1.57. The fourth-order valence-corrected chi connectivity index (χ4v) is 3.07. The van der Waals surface area contributed by atoms with Crippen LogP contribution in [0.1, 0.15) is 31.4 Å². The second-order valence-electron chi connectivity index (χ2n) is 4.74. The van der Waals surface area contributed by atoms with Crippen molar-refractivity contribution in [2.24, 2.45) is 0 Å². The molecule has 1 saturated carbocycles. The summed E-state index contributed by atoms with van der Waals surface area (Å²) in [7, 11) is 0. The molecule has 1 aliphatic carbocycles. The molecule has 0 spiro atoms. The maximum atomic E-state index is 11.7. The molecule has 0 atom stereocenters. The lowest BCUT2D eigenvalue weighted by molar-refractivity contribution is 0.642. The number of pyridine rings is 1. The molecule has 20 heavy (non-hydrogen) atoms. The third-order valence-electron chi connectivity index (χ3n) is 3.18. The monoisotopic (exact) mass is 291 g/mol. The Labute approximate surface area is 121 Å². The SMILES string of the molecule is CCNc1ncccc1CSc1n[nH]c(=O)n1C1CC1. The molecule has 0 aliphatic heterocycles. The highest BCUT2D eigenvalue weighted by Gasteiger charge is 2.28. The van der Waals surface area contributed by atoms with E-state index >= 15 is 0 Å². The van der Waals surface area contributed by atoms with Crippen LogP contribution in [0, 0.1) is 0 Å². The highest BCUT2D eigenvalue weighted by atomic mass is 32.2. The molecule has 0 amide bonds. The van der Waals surface area contributed by atoms with E-state index in [0.717, 1.165) is 41.7 Å². The predicted octanol–water partition coefficient (Wildman–Crippen LogP) is 2.03. The van der Waals surface area contributed by atoms with Gasteiger partial charge in [0, 0.05) is 30.1 Å². The number of nitrogens with one attached hydrogen (secondary N) is 2. The van der Waals surface area contributed by atoms with Gasteiger partial charge in [-0.05, 0) is 25.8 Å². The Bertz CT molecular complexity index is 646. The first kappa shape index (κ1) is 13.2. The van der Waals surface area contributed by atoms with Gasteiger partial charge in [-0.2, -0.15) is 0 Å². The van der Waals surface area contributed by atoms with Crippen LogP contribution in [0.5, 0.6) is 0 Å². The normalized spacial score (nSPS) is 14.4. The summed E-state index contributed by atoms with van der Waals surface area (Å²) in [6, 6.07) is 4.31. The highest BCUT2D eigenvalue weighted by molar-refractivity contribution is 7.98. The van der Waals surface area contributed by atoms with Crippen LogP contribution in [0.3, 0.4) is 0 Å². The molecule has 0 saturated heterocycles. The van der Waals surface area contributed by atoms with E-state index in [1.807, 2.05) is 19.1 Å². The number of nitrogens with zero attached hydrogens (tertiary/aromatic N) is 3. The van der Waals surface area contributed by atoms with Gasteiger partial charge >= 0.3 is 5.69 Å². The zero-order valence-electron chi connectivity index (χ0n) is 11.3. The quantitative estimate of drug-likeness (QED) is 0.796. The molecule has 7 heteroatoms. The smallest absolute Gasteiger partial charge is 0.344 e. The van der Waals surface area contributed by atoms with Gasteiger partial charge in [-0.15, -0.1) is 5.10 Å². The van der Waals surface area contributed by atoms with Crippen LogP contribution < -0.4 is 11.0 Å². The van der Waals surface area contributed by atoms with Gasteiger partial charge < -0.3 is 5.32 Å². The summed E-state index contributed by atoms with van der Waals surface area (Å²) < 4.78 is 1.77. The van der Waals surface area contributed by atoms with Gasteiger partial charge in [-0.3, -0.25) is 4.57 Å². The van der Waals surface area contributed by atoms with E-state index in [1.54, 1.807) is 22.5 Å². The lowest BCUT2D eigenvalue weighted by Gasteiger charge is -2.09. The summed E-state index contributed by atoms with van der Waals surface area (Å²) in [4.78, 5) is 16.0. The third kappa shape index (κ3) is 2.72. The number of anilines is 1. The molecule has 2 aromatic rings. The van der Waals surface area contributed by atoms with Gasteiger partial charge in [0.1, 0.15) is 5.82 Å². The van der Waals surface area contributed by atoms with E-state index in [-0.39, 0.29) is 5.69 Å². The average Bonchev–Trinajstić information content (AvgIpc) is 3.22. The third-order valence-corrected chi connectivity index (χ3v) is 4.18. The van der Waals surface area contributed by atoms with Gasteiger partial charge in [-0.1, -0.05) is 17.8 Å². The number of thioether (sulfide) groups is 1. The van der Waals surface area contributed by atoms with Crippen LogP contribution in [-0.4, -0.2) is 26.3 Å². The molecule has 6 nitrogen and oxygen atoms in total. The topological polar surface area (TPSA) is 75.6 Å². The van der Waals surface area contributed by atoms with Crippen molar-refractivity contribution in [1.82, 2.24) is 19.7 Å². The zero-order valence-corrected chi connectivity index (χ0v) is 12.1. The maximum absolute atomic E-state index is 11.7. The first-order chi connectivity index (χ1) is 9.79. The maximum Gasteiger partial charge on any atom is 0.344 e. The van der Waals surface area contributed by atoms with Crippen LogP contribution in [-0.2, 0) is 5.75 Å². The Kier molecular flexibility index (Phi) is 3.77. The molecule has 2 N–H and O–H groups in total. The van der Waals surface area contributed by atoms with Gasteiger partial charge in [-0.25, -0.2) is 14.9 Å². The first-order valence-electron chi connectivity index (χ1n) is 6.77. The summed E-state index contributed by atoms with van der Waals surface area (Å²) in [6.45, 7) is 2.88. The summed E-state index contributed by atoms with van der Waals surface area (Å²) in [6.07, 6.45) is 3.92. The Morgan fingerprint density at radius 2 is 2.40 bits per heavy atom. The molecule has 1 aliphatic rings. The van der Waals surface area contributed by atoms with Gasteiger partial charge in [0.25, 0.3) is 0 Å². The summed E-state index contributed by atoms with van der Waals surface area (Å²) in [5.41, 5.74) is 1.02. The molecule has 2 heterocycles. The minimum Gasteiger partial charge on any atom is -0.370 e. The van der Waals surface area contributed by atoms with Crippen LogP contribution >= 0.6 is 11.8 Å². The van der Waals surface area contributed by atoms with Crippen molar-refractivity contribution in [2.45, 2.75) is 36.7 Å². The van der Waals surface area contributed by atoms with Gasteiger partial charge in [0.2, 0.25) is 0 Å². The molecule has 0 aromatic carbocycles. The summed E-state index contributed by atoms with van der Waals surface area (Å²) in [5, 5.41) is 10.7. The number of H-pyrrole nitrogens is 1. The van der Waals surface area contributed by atoms with Crippen molar-refractivity contribution in [3.63, 3.8) is 0 Å². The van der Waals surface area contributed by atoms with E-state index < -0.39 is 0 Å². The van der Waals surface area contributed by atoms with Crippen molar-refractivity contribution >= 4 is 17.6 Å². The minimum atomic E-state index is -0.104. The second-order valence-corrected chi connectivity index (χ2v) is 5.69. The molecule has 106 valence electrons. The number of aromatic nitrogens is 4. The fraction of sp³-hybridized carbons (Fsp3) is 0.462.